The van der Waals surface area contributed by atoms with Crippen molar-refractivity contribution >= 4 is 33.0 Å². The molecule has 3 aliphatic rings. The third-order valence-corrected chi connectivity index (χ3v) is 11.9. The Morgan fingerprint density at radius 1 is 0.909 bits per heavy atom. The smallest absolute Gasteiger partial charge is 0.255 e. The number of rotatable bonds is 8. The van der Waals surface area contributed by atoms with Gasteiger partial charge in [0.25, 0.3) is 5.91 Å². The van der Waals surface area contributed by atoms with E-state index in [4.69, 9.17) is 16.3 Å². The highest BCUT2D eigenvalue weighted by Crippen LogP contribution is 2.42. The maximum Gasteiger partial charge on any atom is 0.255 e. The molecule has 3 fully saturated rings. The SMILES string of the molecule is COc1ccc(S(=O)(=O)C2CCN(CCc3ccc(F)cc3)CC2)cc1N1[C@@H]2CC[C@H]1CN(C(=O)c1ccc(F)cc1Cl)C2. The van der Waals surface area contributed by atoms with E-state index in [1.165, 1.54) is 24.3 Å². The van der Waals surface area contributed by atoms with Crippen LogP contribution in [0.25, 0.3) is 0 Å². The standard InChI is InChI=1S/C33H36ClF2N3O4S/c1-43-32-11-9-28(44(41,42)27-13-16-37(17-14-27)15-12-22-2-4-23(35)5-3-22)19-31(32)39-25-7-8-26(39)21-38(20-25)33(40)29-10-6-24(36)18-30(29)34/h2-6,9-11,18-19,25-27H,7-8,12-17,20-21H2,1H3/t25-,26+. The molecule has 44 heavy (non-hydrogen) atoms. The van der Waals surface area contributed by atoms with Crippen LogP contribution in [0.3, 0.4) is 0 Å². The molecule has 0 saturated carbocycles. The number of ether oxygens (including phenoxy) is 1. The van der Waals surface area contributed by atoms with Crippen LogP contribution in [0.15, 0.2) is 65.6 Å². The van der Waals surface area contributed by atoms with Crippen LogP contribution in [0.2, 0.25) is 5.02 Å². The van der Waals surface area contributed by atoms with E-state index in [1.807, 2.05) is 0 Å². The fourth-order valence-electron chi connectivity index (χ4n) is 6.92. The molecule has 0 aromatic heterocycles. The Kier molecular flexibility index (Phi) is 8.86. The first-order chi connectivity index (χ1) is 21.1. The van der Waals surface area contributed by atoms with Gasteiger partial charge in [0.05, 0.1) is 33.5 Å². The second kappa shape index (κ2) is 12.7. The largest absolute Gasteiger partial charge is 0.495 e. The van der Waals surface area contributed by atoms with Gasteiger partial charge in [-0.3, -0.25) is 4.79 Å². The lowest BCUT2D eigenvalue weighted by Crippen LogP contribution is -2.55. The van der Waals surface area contributed by atoms with Crippen molar-refractivity contribution in [1.29, 1.82) is 0 Å². The quantitative estimate of drug-likeness (QED) is 0.318. The van der Waals surface area contributed by atoms with Crippen LogP contribution in [0.5, 0.6) is 5.75 Å². The number of likely N-dealkylation sites (tertiary alicyclic amines) is 2. The molecule has 3 heterocycles. The molecule has 234 valence electrons. The number of piperidine rings is 1. The first-order valence-electron chi connectivity index (χ1n) is 15.1. The number of carbonyl (C=O) groups excluding carboxylic acids is 1. The number of methoxy groups -OCH3 is 1. The van der Waals surface area contributed by atoms with Crippen molar-refractivity contribution in [2.75, 3.05) is 44.7 Å². The van der Waals surface area contributed by atoms with Gasteiger partial charge < -0.3 is 19.4 Å². The van der Waals surface area contributed by atoms with Gasteiger partial charge in [-0.15, -0.1) is 0 Å². The molecule has 3 aromatic rings. The molecule has 3 saturated heterocycles. The van der Waals surface area contributed by atoms with Gasteiger partial charge in [0.2, 0.25) is 0 Å². The summed E-state index contributed by atoms with van der Waals surface area (Å²) in [6.45, 7) is 3.06. The zero-order valence-corrected chi connectivity index (χ0v) is 26.2. The summed E-state index contributed by atoms with van der Waals surface area (Å²) < 4.78 is 60.2. The zero-order valence-electron chi connectivity index (χ0n) is 24.6. The van der Waals surface area contributed by atoms with Gasteiger partial charge >= 0.3 is 0 Å². The third-order valence-electron chi connectivity index (χ3n) is 9.29. The Labute approximate surface area is 262 Å². The van der Waals surface area contributed by atoms with Gasteiger partial charge in [-0.1, -0.05) is 23.7 Å². The van der Waals surface area contributed by atoms with Crippen LogP contribution in [0.1, 0.15) is 41.6 Å². The highest BCUT2D eigenvalue weighted by Gasteiger charge is 2.43. The van der Waals surface area contributed by atoms with E-state index >= 15 is 0 Å². The molecule has 0 spiro atoms. The van der Waals surface area contributed by atoms with Crippen molar-refractivity contribution in [2.45, 2.75) is 54.3 Å². The van der Waals surface area contributed by atoms with Crippen molar-refractivity contribution in [3.05, 3.63) is 88.4 Å². The topological polar surface area (TPSA) is 70.2 Å². The number of carbonyl (C=O) groups is 1. The zero-order chi connectivity index (χ0) is 31.0. The van der Waals surface area contributed by atoms with E-state index in [2.05, 4.69) is 9.80 Å². The number of hydrogen-bond acceptors (Lipinski definition) is 6. The number of hydrogen-bond donors (Lipinski definition) is 0. The lowest BCUT2D eigenvalue weighted by molar-refractivity contribution is 0.0718. The first-order valence-corrected chi connectivity index (χ1v) is 17.0. The number of halogens is 3. The molecule has 11 heteroatoms. The molecule has 1 amide bonds. The summed E-state index contributed by atoms with van der Waals surface area (Å²) in [5.74, 6) is -0.388. The van der Waals surface area contributed by atoms with E-state index in [9.17, 15) is 22.0 Å². The van der Waals surface area contributed by atoms with Crippen molar-refractivity contribution in [3.8, 4) is 5.75 Å². The Balaban J connectivity index is 1.14. The molecule has 0 radical (unpaired) electrons. The molecule has 3 aromatic carbocycles. The molecule has 0 aliphatic carbocycles. The van der Waals surface area contributed by atoms with E-state index in [0.717, 1.165) is 43.1 Å². The lowest BCUT2D eigenvalue weighted by Gasteiger charge is -2.43. The summed E-state index contributed by atoms with van der Waals surface area (Å²) in [6, 6.07) is 15.4. The van der Waals surface area contributed by atoms with Crippen molar-refractivity contribution in [3.63, 3.8) is 0 Å². The van der Waals surface area contributed by atoms with Gasteiger partial charge in [-0.25, -0.2) is 17.2 Å². The molecule has 6 rings (SSSR count). The second-order valence-corrected chi connectivity index (χ2v) is 14.6. The van der Waals surface area contributed by atoms with E-state index in [1.54, 1.807) is 42.3 Å². The molecule has 7 nitrogen and oxygen atoms in total. The van der Waals surface area contributed by atoms with Gasteiger partial charge in [-0.05, 0) is 99.3 Å². The van der Waals surface area contributed by atoms with E-state index < -0.39 is 20.9 Å². The number of amides is 1. The van der Waals surface area contributed by atoms with E-state index in [0.29, 0.717) is 44.8 Å². The van der Waals surface area contributed by atoms with Gasteiger partial charge in [0, 0.05) is 31.7 Å². The molecule has 2 atom stereocenters. The fourth-order valence-corrected chi connectivity index (χ4v) is 8.92. The normalized spacial score (nSPS) is 21.1. The molecule has 3 aliphatic heterocycles. The van der Waals surface area contributed by atoms with Crippen molar-refractivity contribution in [1.82, 2.24) is 9.80 Å². The summed E-state index contributed by atoms with van der Waals surface area (Å²) in [5, 5.41) is -0.388. The molecular formula is C33H36ClF2N3O4S. The minimum absolute atomic E-state index is 0.0203. The molecule has 0 unspecified atom stereocenters. The maximum absolute atomic E-state index is 13.9. The predicted octanol–water partition coefficient (Wildman–Crippen LogP) is 5.60. The second-order valence-electron chi connectivity index (χ2n) is 11.9. The Morgan fingerprint density at radius 2 is 1.57 bits per heavy atom. The van der Waals surface area contributed by atoms with Gasteiger partial charge in [0.15, 0.2) is 9.84 Å². The summed E-state index contributed by atoms with van der Waals surface area (Å²) in [5.41, 5.74) is 2.06. The van der Waals surface area contributed by atoms with Crippen LogP contribution in [-0.2, 0) is 16.3 Å². The molecular weight excluding hydrogens is 608 g/mol. The van der Waals surface area contributed by atoms with Crippen molar-refractivity contribution < 1.29 is 26.7 Å². The third kappa shape index (κ3) is 6.17. The highest BCUT2D eigenvalue weighted by molar-refractivity contribution is 7.92. The van der Waals surface area contributed by atoms with Crippen LogP contribution in [0.4, 0.5) is 14.5 Å². The summed E-state index contributed by atoms with van der Waals surface area (Å²) >= 11 is 6.19. The first kappa shape index (κ1) is 30.8. The lowest BCUT2D eigenvalue weighted by atomic mass is 10.1. The highest BCUT2D eigenvalue weighted by atomic mass is 35.5. The minimum atomic E-state index is -3.59. The number of nitrogens with zero attached hydrogens (tertiary/aromatic N) is 3. The van der Waals surface area contributed by atoms with Crippen LogP contribution in [-0.4, -0.2) is 81.3 Å². The Morgan fingerprint density at radius 3 is 2.20 bits per heavy atom. The minimum Gasteiger partial charge on any atom is -0.495 e. The maximum atomic E-state index is 13.9. The number of benzene rings is 3. The van der Waals surface area contributed by atoms with Crippen molar-refractivity contribution in [2.24, 2.45) is 0 Å². The predicted molar refractivity (Wildman–Crippen MR) is 166 cm³/mol. The summed E-state index contributed by atoms with van der Waals surface area (Å²) in [4.78, 5) is 19.8. The average molecular weight is 644 g/mol. The van der Waals surface area contributed by atoms with Crippen LogP contribution in [0, 0.1) is 11.6 Å². The number of anilines is 1. The number of sulfone groups is 1. The average Bonchev–Trinajstić information content (AvgIpc) is 3.28. The van der Waals surface area contributed by atoms with Crippen LogP contribution < -0.4 is 9.64 Å². The number of piperazine rings is 1. The Hall–Kier alpha value is -3.21. The monoisotopic (exact) mass is 643 g/mol. The van der Waals surface area contributed by atoms with Gasteiger partial charge in [0.1, 0.15) is 17.4 Å². The van der Waals surface area contributed by atoms with Crippen LogP contribution >= 0.6 is 11.6 Å². The van der Waals surface area contributed by atoms with Gasteiger partial charge in [-0.2, -0.15) is 0 Å². The summed E-state index contributed by atoms with van der Waals surface area (Å²) in [6.07, 6.45) is 3.58. The Bertz CT molecular complexity index is 1620. The molecule has 0 N–H and O–H groups in total. The summed E-state index contributed by atoms with van der Waals surface area (Å²) in [7, 11) is -2.01. The van der Waals surface area contributed by atoms with E-state index in [-0.39, 0.29) is 39.3 Å². The molecule has 2 bridgehead atoms. The number of fused-ring (bicyclic) bond motifs is 2. The fraction of sp³-hybridized carbons (Fsp3) is 0.424.